The van der Waals surface area contributed by atoms with Crippen molar-refractivity contribution in [1.82, 2.24) is 4.98 Å². The summed E-state index contributed by atoms with van der Waals surface area (Å²) in [7, 11) is 0. The van der Waals surface area contributed by atoms with E-state index in [2.05, 4.69) is 36.7 Å². The van der Waals surface area contributed by atoms with Gasteiger partial charge in [0.2, 0.25) is 0 Å². The lowest BCUT2D eigenvalue weighted by molar-refractivity contribution is 0.261. The van der Waals surface area contributed by atoms with Gasteiger partial charge < -0.3 is 4.90 Å². The number of nitrogens with zero attached hydrogens (tertiary/aromatic N) is 2. The molecule has 1 aromatic heterocycles. The summed E-state index contributed by atoms with van der Waals surface area (Å²) in [4.78, 5) is 6.81. The van der Waals surface area contributed by atoms with Crippen LogP contribution in [0.2, 0.25) is 5.15 Å². The van der Waals surface area contributed by atoms with E-state index in [0.29, 0.717) is 16.6 Å². The molecule has 0 spiro atoms. The molecule has 2 heterocycles. The highest BCUT2D eigenvalue weighted by Gasteiger charge is 2.32. The predicted molar refractivity (Wildman–Crippen MR) is 78.4 cm³/mol. The van der Waals surface area contributed by atoms with Crippen LogP contribution in [-0.2, 0) is 0 Å². The number of aromatic nitrogens is 1. The third-order valence-corrected chi connectivity index (χ3v) is 4.23. The van der Waals surface area contributed by atoms with Crippen molar-refractivity contribution in [3.63, 3.8) is 0 Å². The maximum Gasteiger partial charge on any atom is 0.132 e. The van der Waals surface area contributed by atoms with Gasteiger partial charge in [0.25, 0.3) is 0 Å². The normalized spacial score (nSPS) is 21.2. The first-order valence-electron chi connectivity index (χ1n) is 6.78. The molecular weight excluding hydrogens is 244 g/mol. The van der Waals surface area contributed by atoms with Crippen LogP contribution >= 0.6 is 11.6 Å². The highest BCUT2D eigenvalue weighted by atomic mass is 35.5. The molecule has 0 aromatic carbocycles. The van der Waals surface area contributed by atoms with Crippen LogP contribution in [0.3, 0.4) is 0 Å². The first-order chi connectivity index (χ1) is 8.39. The highest BCUT2D eigenvalue weighted by molar-refractivity contribution is 6.30. The van der Waals surface area contributed by atoms with Crippen LogP contribution in [0.1, 0.15) is 45.6 Å². The van der Waals surface area contributed by atoms with Crippen molar-refractivity contribution in [2.75, 3.05) is 11.4 Å². The second-order valence-corrected chi connectivity index (χ2v) is 6.73. The number of pyridine rings is 1. The number of aryl methyl sites for hydroxylation is 1. The zero-order valence-corrected chi connectivity index (χ0v) is 12.6. The van der Waals surface area contributed by atoms with Gasteiger partial charge >= 0.3 is 0 Å². The molecule has 1 saturated heterocycles. The van der Waals surface area contributed by atoms with Crippen molar-refractivity contribution in [2.45, 2.75) is 53.0 Å². The SMILES string of the molecule is Cc1cc(N2CCCCC2C(C)(C)C)cnc1Cl. The Morgan fingerprint density at radius 2 is 2.06 bits per heavy atom. The van der Waals surface area contributed by atoms with Crippen LogP contribution in [0, 0.1) is 12.3 Å². The number of anilines is 1. The zero-order chi connectivity index (χ0) is 13.3. The van der Waals surface area contributed by atoms with Crippen molar-refractivity contribution in [3.8, 4) is 0 Å². The second kappa shape index (κ2) is 5.08. The average molecular weight is 267 g/mol. The van der Waals surface area contributed by atoms with Crippen molar-refractivity contribution in [1.29, 1.82) is 0 Å². The van der Waals surface area contributed by atoms with Crippen molar-refractivity contribution in [3.05, 3.63) is 23.0 Å². The summed E-state index contributed by atoms with van der Waals surface area (Å²) < 4.78 is 0. The number of piperidine rings is 1. The molecule has 18 heavy (non-hydrogen) atoms. The Morgan fingerprint density at radius 3 is 2.67 bits per heavy atom. The zero-order valence-electron chi connectivity index (χ0n) is 11.8. The fourth-order valence-electron chi connectivity index (χ4n) is 2.84. The van der Waals surface area contributed by atoms with E-state index < -0.39 is 0 Å². The van der Waals surface area contributed by atoms with Crippen LogP contribution in [0.4, 0.5) is 5.69 Å². The van der Waals surface area contributed by atoms with E-state index >= 15 is 0 Å². The smallest absolute Gasteiger partial charge is 0.132 e. The molecule has 2 nitrogen and oxygen atoms in total. The van der Waals surface area contributed by atoms with Gasteiger partial charge in [0.15, 0.2) is 0 Å². The highest BCUT2D eigenvalue weighted by Crippen LogP contribution is 2.35. The van der Waals surface area contributed by atoms with E-state index in [9.17, 15) is 0 Å². The van der Waals surface area contributed by atoms with E-state index in [1.807, 2.05) is 13.1 Å². The summed E-state index contributed by atoms with van der Waals surface area (Å²) in [6.07, 6.45) is 5.79. The number of halogens is 1. The quantitative estimate of drug-likeness (QED) is 0.698. The molecule has 0 amide bonds. The Kier molecular flexibility index (Phi) is 3.86. The molecule has 2 rings (SSSR count). The molecule has 3 heteroatoms. The van der Waals surface area contributed by atoms with Crippen LogP contribution in [0.25, 0.3) is 0 Å². The summed E-state index contributed by atoms with van der Waals surface area (Å²) in [5, 5.41) is 0.614. The lowest BCUT2D eigenvalue weighted by Gasteiger charge is -2.44. The molecule has 0 N–H and O–H groups in total. The predicted octanol–water partition coefficient (Wildman–Crippen LogP) is 4.45. The van der Waals surface area contributed by atoms with Gasteiger partial charge in [-0.25, -0.2) is 4.98 Å². The van der Waals surface area contributed by atoms with Gasteiger partial charge in [-0.1, -0.05) is 32.4 Å². The third-order valence-electron chi connectivity index (χ3n) is 3.83. The summed E-state index contributed by atoms with van der Waals surface area (Å²) in [5.74, 6) is 0. The molecule has 1 fully saturated rings. The summed E-state index contributed by atoms with van der Waals surface area (Å²) in [5.41, 5.74) is 2.58. The Morgan fingerprint density at radius 1 is 1.33 bits per heavy atom. The molecule has 0 radical (unpaired) electrons. The van der Waals surface area contributed by atoms with Gasteiger partial charge in [0, 0.05) is 12.6 Å². The van der Waals surface area contributed by atoms with Gasteiger partial charge in [-0.05, 0) is 43.2 Å². The summed E-state index contributed by atoms with van der Waals surface area (Å²) >= 11 is 6.02. The second-order valence-electron chi connectivity index (χ2n) is 6.37. The fourth-order valence-corrected chi connectivity index (χ4v) is 2.94. The minimum Gasteiger partial charge on any atom is -0.367 e. The van der Waals surface area contributed by atoms with Crippen molar-refractivity contribution in [2.24, 2.45) is 5.41 Å². The fraction of sp³-hybridized carbons (Fsp3) is 0.667. The van der Waals surface area contributed by atoms with Gasteiger partial charge in [-0.15, -0.1) is 0 Å². The average Bonchev–Trinajstić information content (AvgIpc) is 2.32. The molecule has 0 aliphatic carbocycles. The van der Waals surface area contributed by atoms with Crippen molar-refractivity contribution >= 4 is 17.3 Å². The molecule has 0 bridgehead atoms. The van der Waals surface area contributed by atoms with Crippen LogP contribution in [-0.4, -0.2) is 17.6 Å². The van der Waals surface area contributed by atoms with Gasteiger partial charge in [-0.3, -0.25) is 0 Å². The minimum absolute atomic E-state index is 0.300. The molecule has 1 aromatic rings. The van der Waals surface area contributed by atoms with E-state index in [1.54, 1.807) is 0 Å². The molecule has 1 atom stereocenters. The Bertz CT molecular complexity index is 423. The first kappa shape index (κ1) is 13.7. The minimum atomic E-state index is 0.300. The molecule has 0 saturated carbocycles. The Hall–Kier alpha value is -0.760. The van der Waals surface area contributed by atoms with Gasteiger partial charge in [-0.2, -0.15) is 0 Å². The van der Waals surface area contributed by atoms with E-state index in [4.69, 9.17) is 11.6 Å². The summed E-state index contributed by atoms with van der Waals surface area (Å²) in [6.45, 7) is 10.1. The maximum atomic E-state index is 6.02. The standard InChI is InChI=1S/C15H23ClN2/c1-11-9-12(10-17-14(11)16)18-8-6-5-7-13(18)15(2,3)4/h9-10,13H,5-8H2,1-4H3. The number of hydrogen-bond donors (Lipinski definition) is 0. The topological polar surface area (TPSA) is 16.1 Å². The van der Waals surface area contributed by atoms with E-state index in [0.717, 1.165) is 12.1 Å². The Balaban J connectivity index is 2.31. The Labute approximate surface area is 115 Å². The molecule has 1 unspecified atom stereocenters. The third kappa shape index (κ3) is 2.80. The van der Waals surface area contributed by atoms with Crippen LogP contribution < -0.4 is 4.90 Å². The largest absolute Gasteiger partial charge is 0.367 e. The van der Waals surface area contributed by atoms with Gasteiger partial charge in [0.1, 0.15) is 5.15 Å². The number of hydrogen-bond acceptors (Lipinski definition) is 2. The first-order valence-corrected chi connectivity index (χ1v) is 7.16. The molecule has 1 aliphatic rings. The lowest BCUT2D eigenvalue weighted by atomic mass is 9.80. The number of rotatable bonds is 1. The molecule has 100 valence electrons. The molecular formula is C15H23ClN2. The van der Waals surface area contributed by atoms with Crippen LogP contribution in [0.5, 0.6) is 0 Å². The van der Waals surface area contributed by atoms with Gasteiger partial charge in [0.05, 0.1) is 11.9 Å². The molecule has 1 aliphatic heterocycles. The van der Waals surface area contributed by atoms with Crippen molar-refractivity contribution < 1.29 is 0 Å². The monoisotopic (exact) mass is 266 g/mol. The van der Waals surface area contributed by atoms with E-state index in [-0.39, 0.29) is 0 Å². The van der Waals surface area contributed by atoms with E-state index in [1.165, 1.54) is 24.9 Å². The lowest BCUT2D eigenvalue weighted by Crippen LogP contribution is -2.47. The maximum absolute atomic E-state index is 6.02. The summed E-state index contributed by atoms with van der Waals surface area (Å²) in [6, 6.07) is 2.76. The van der Waals surface area contributed by atoms with Crippen LogP contribution in [0.15, 0.2) is 12.3 Å².